The molecule has 1 aromatic carbocycles. The summed E-state index contributed by atoms with van der Waals surface area (Å²) in [5, 5.41) is 10.1. The molecule has 0 amide bonds. The smallest absolute Gasteiger partial charge is 0.157 e. The number of hydrogen-bond acceptors (Lipinski definition) is 4. The molecule has 1 N–H and O–H groups in total. The minimum Gasteiger partial charge on any atom is -0.497 e. The summed E-state index contributed by atoms with van der Waals surface area (Å²) in [5.74, 6) is 0.796. The average Bonchev–Trinajstić information content (AvgIpc) is 2.46. The van der Waals surface area contributed by atoms with Crippen LogP contribution in [0, 0.1) is 0 Å². The van der Waals surface area contributed by atoms with Crippen molar-refractivity contribution in [2.75, 3.05) is 20.3 Å². The van der Waals surface area contributed by atoms with Crippen molar-refractivity contribution in [2.45, 2.75) is 31.7 Å². The highest BCUT2D eigenvalue weighted by molar-refractivity contribution is 5.28. The molecule has 0 aromatic heterocycles. The van der Waals surface area contributed by atoms with Gasteiger partial charge in [-0.15, -0.1) is 0 Å². The van der Waals surface area contributed by atoms with Crippen molar-refractivity contribution >= 4 is 0 Å². The van der Waals surface area contributed by atoms with Gasteiger partial charge >= 0.3 is 0 Å². The number of benzene rings is 1. The Labute approximate surface area is 107 Å². The quantitative estimate of drug-likeness (QED) is 0.873. The fourth-order valence-electron chi connectivity index (χ4n) is 1.99. The van der Waals surface area contributed by atoms with Gasteiger partial charge in [0.15, 0.2) is 6.29 Å². The Balaban J connectivity index is 1.80. The van der Waals surface area contributed by atoms with Crippen LogP contribution >= 0.6 is 0 Å². The number of hydrogen-bond donors (Lipinski definition) is 1. The van der Waals surface area contributed by atoms with Gasteiger partial charge in [0.2, 0.25) is 0 Å². The van der Waals surface area contributed by atoms with Gasteiger partial charge in [-0.25, -0.2) is 0 Å². The summed E-state index contributed by atoms with van der Waals surface area (Å²) >= 11 is 0. The summed E-state index contributed by atoms with van der Waals surface area (Å²) in [6.07, 6.45) is 1.67. The monoisotopic (exact) mass is 252 g/mol. The Hall–Kier alpha value is -1.10. The maximum Gasteiger partial charge on any atom is 0.157 e. The van der Waals surface area contributed by atoms with Crippen LogP contribution in [0.25, 0.3) is 0 Å². The first-order valence-electron chi connectivity index (χ1n) is 6.35. The number of aliphatic hydroxyl groups excluding tert-OH is 1. The molecule has 2 rings (SSSR count). The van der Waals surface area contributed by atoms with Crippen molar-refractivity contribution in [1.82, 2.24) is 0 Å². The van der Waals surface area contributed by atoms with Crippen LogP contribution in [-0.4, -0.2) is 31.7 Å². The van der Waals surface area contributed by atoms with Gasteiger partial charge in [-0.2, -0.15) is 0 Å². The molecular formula is C14H20O4. The predicted octanol–water partition coefficient (Wildman–Crippen LogP) is 2.27. The lowest BCUT2D eigenvalue weighted by atomic mass is 10.0. The summed E-state index contributed by atoms with van der Waals surface area (Å²) < 4.78 is 16.0. The van der Waals surface area contributed by atoms with Gasteiger partial charge < -0.3 is 19.3 Å². The third-order valence-corrected chi connectivity index (χ3v) is 3.07. The summed E-state index contributed by atoms with van der Waals surface area (Å²) in [7, 11) is 1.63. The second-order valence-electron chi connectivity index (χ2n) is 4.39. The van der Waals surface area contributed by atoms with Gasteiger partial charge in [0.1, 0.15) is 5.75 Å². The maximum absolute atomic E-state index is 10.1. The molecule has 0 bridgehead atoms. The van der Waals surface area contributed by atoms with E-state index in [1.807, 2.05) is 24.3 Å². The molecule has 100 valence electrons. The van der Waals surface area contributed by atoms with E-state index in [4.69, 9.17) is 14.2 Å². The van der Waals surface area contributed by atoms with Gasteiger partial charge in [0.25, 0.3) is 0 Å². The third kappa shape index (κ3) is 3.70. The van der Waals surface area contributed by atoms with Crippen LogP contribution in [0.1, 0.15) is 30.9 Å². The number of aliphatic hydroxyl groups is 1. The standard InChI is InChI=1S/C14H20O4/c1-16-12-5-3-11(4-6-12)13(15)7-8-14-17-9-2-10-18-14/h3-6,13-15H,2,7-10H2,1H3/t13-/m1/s1. The molecule has 1 aliphatic rings. The van der Waals surface area contributed by atoms with Crippen LogP contribution < -0.4 is 4.74 Å². The molecule has 1 heterocycles. The van der Waals surface area contributed by atoms with E-state index in [0.717, 1.165) is 30.9 Å². The van der Waals surface area contributed by atoms with Crippen molar-refractivity contribution in [1.29, 1.82) is 0 Å². The van der Waals surface area contributed by atoms with Crippen LogP contribution in [0.4, 0.5) is 0 Å². The van der Waals surface area contributed by atoms with Gasteiger partial charge in [-0.1, -0.05) is 12.1 Å². The third-order valence-electron chi connectivity index (χ3n) is 3.07. The van der Waals surface area contributed by atoms with Gasteiger partial charge in [0.05, 0.1) is 26.4 Å². The molecule has 4 nitrogen and oxygen atoms in total. The topological polar surface area (TPSA) is 47.9 Å². The maximum atomic E-state index is 10.1. The molecule has 0 spiro atoms. The zero-order valence-corrected chi connectivity index (χ0v) is 10.7. The van der Waals surface area contributed by atoms with E-state index in [0.29, 0.717) is 12.8 Å². The van der Waals surface area contributed by atoms with E-state index < -0.39 is 6.10 Å². The lowest BCUT2D eigenvalue weighted by molar-refractivity contribution is -0.183. The van der Waals surface area contributed by atoms with Crippen LogP contribution in [0.3, 0.4) is 0 Å². The van der Waals surface area contributed by atoms with Crippen molar-refractivity contribution < 1.29 is 19.3 Å². The number of ether oxygens (including phenoxy) is 3. The average molecular weight is 252 g/mol. The lowest BCUT2D eigenvalue weighted by Gasteiger charge is -2.24. The first-order chi connectivity index (χ1) is 8.79. The molecule has 1 saturated heterocycles. The first kappa shape index (κ1) is 13.3. The molecule has 18 heavy (non-hydrogen) atoms. The second-order valence-corrected chi connectivity index (χ2v) is 4.39. The molecule has 1 fully saturated rings. The van der Waals surface area contributed by atoms with E-state index in [2.05, 4.69) is 0 Å². The van der Waals surface area contributed by atoms with Crippen molar-refractivity contribution in [3.63, 3.8) is 0 Å². The molecule has 0 unspecified atom stereocenters. The van der Waals surface area contributed by atoms with Crippen LogP contribution in [0.15, 0.2) is 24.3 Å². The highest BCUT2D eigenvalue weighted by Gasteiger charge is 2.16. The van der Waals surface area contributed by atoms with E-state index in [-0.39, 0.29) is 6.29 Å². The Morgan fingerprint density at radius 1 is 1.28 bits per heavy atom. The fourth-order valence-corrected chi connectivity index (χ4v) is 1.99. The molecule has 1 atom stereocenters. The second kappa shape index (κ2) is 6.73. The van der Waals surface area contributed by atoms with Crippen molar-refractivity contribution in [2.24, 2.45) is 0 Å². The number of rotatable bonds is 5. The number of methoxy groups -OCH3 is 1. The molecular weight excluding hydrogens is 232 g/mol. The highest BCUT2D eigenvalue weighted by Crippen LogP contribution is 2.23. The Morgan fingerprint density at radius 3 is 2.56 bits per heavy atom. The Morgan fingerprint density at radius 2 is 1.94 bits per heavy atom. The Bertz CT molecular complexity index is 343. The summed E-state index contributed by atoms with van der Waals surface area (Å²) in [5.41, 5.74) is 0.895. The van der Waals surface area contributed by atoms with E-state index in [1.54, 1.807) is 7.11 Å². The predicted molar refractivity (Wildman–Crippen MR) is 67.5 cm³/mol. The molecule has 0 saturated carbocycles. The molecule has 4 heteroatoms. The van der Waals surface area contributed by atoms with Gasteiger partial charge in [-0.05, 0) is 30.5 Å². The van der Waals surface area contributed by atoms with Crippen molar-refractivity contribution in [3.05, 3.63) is 29.8 Å². The van der Waals surface area contributed by atoms with Crippen LogP contribution in [0.2, 0.25) is 0 Å². The first-order valence-corrected chi connectivity index (χ1v) is 6.35. The molecule has 1 aliphatic heterocycles. The van der Waals surface area contributed by atoms with Crippen LogP contribution in [0.5, 0.6) is 5.75 Å². The SMILES string of the molecule is COc1ccc([C@H](O)CCC2OCCCO2)cc1. The largest absolute Gasteiger partial charge is 0.497 e. The van der Waals surface area contributed by atoms with E-state index >= 15 is 0 Å². The molecule has 1 aromatic rings. The normalized spacial score (nSPS) is 18.6. The summed E-state index contributed by atoms with van der Waals surface area (Å²) in [4.78, 5) is 0. The highest BCUT2D eigenvalue weighted by atomic mass is 16.7. The Kier molecular flexibility index (Phi) is 4.99. The van der Waals surface area contributed by atoms with E-state index in [9.17, 15) is 5.11 Å². The van der Waals surface area contributed by atoms with Gasteiger partial charge in [0, 0.05) is 6.42 Å². The van der Waals surface area contributed by atoms with Crippen molar-refractivity contribution in [3.8, 4) is 5.75 Å². The molecule has 0 radical (unpaired) electrons. The summed E-state index contributed by atoms with van der Waals surface area (Å²) in [6.45, 7) is 1.51. The lowest BCUT2D eigenvalue weighted by Crippen LogP contribution is -2.25. The fraction of sp³-hybridized carbons (Fsp3) is 0.571. The summed E-state index contributed by atoms with van der Waals surface area (Å²) in [6, 6.07) is 7.47. The molecule has 0 aliphatic carbocycles. The zero-order chi connectivity index (χ0) is 12.8. The zero-order valence-electron chi connectivity index (χ0n) is 10.7. The van der Waals surface area contributed by atoms with Crippen LogP contribution in [-0.2, 0) is 9.47 Å². The van der Waals surface area contributed by atoms with E-state index in [1.165, 1.54) is 0 Å². The minimum absolute atomic E-state index is 0.161. The minimum atomic E-state index is -0.481. The van der Waals surface area contributed by atoms with Gasteiger partial charge in [-0.3, -0.25) is 0 Å².